The second-order valence-corrected chi connectivity index (χ2v) is 9.69. The average Bonchev–Trinajstić information content (AvgIpc) is 3.13. The van der Waals surface area contributed by atoms with E-state index in [9.17, 15) is 27.2 Å². The van der Waals surface area contributed by atoms with Gasteiger partial charge in [0, 0.05) is 11.7 Å². The highest BCUT2D eigenvalue weighted by Gasteiger charge is 2.33. The zero-order chi connectivity index (χ0) is 23.8. The number of aromatic nitrogens is 2. The molecule has 0 radical (unpaired) electrons. The lowest BCUT2D eigenvalue weighted by Crippen LogP contribution is -2.25. The Morgan fingerprint density at radius 1 is 1.21 bits per heavy atom. The number of thioether (sulfide) groups is 2. The molecule has 1 unspecified atom stereocenters. The van der Waals surface area contributed by atoms with Crippen molar-refractivity contribution >= 4 is 35.1 Å². The molecule has 172 valence electrons. The molecule has 2 aromatic carbocycles. The first-order chi connectivity index (χ1) is 15.6. The van der Waals surface area contributed by atoms with Crippen molar-refractivity contribution in [1.29, 1.82) is 0 Å². The summed E-state index contributed by atoms with van der Waals surface area (Å²) in [5, 5.41) is 2.64. The van der Waals surface area contributed by atoms with E-state index in [1.807, 2.05) is 6.92 Å². The number of anilines is 1. The van der Waals surface area contributed by atoms with Crippen LogP contribution in [0.5, 0.6) is 0 Å². The van der Waals surface area contributed by atoms with E-state index in [0.717, 1.165) is 17.8 Å². The number of rotatable bonds is 5. The zero-order valence-electron chi connectivity index (χ0n) is 17.1. The Labute approximate surface area is 194 Å². The monoisotopic (exact) mass is 495 g/mol. The van der Waals surface area contributed by atoms with Crippen LogP contribution in [0.1, 0.15) is 18.2 Å². The minimum Gasteiger partial charge on any atom is -0.325 e. The van der Waals surface area contributed by atoms with Crippen molar-refractivity contribution in [2.45, 2.75) is 34.8 Å². The van der Waals surface area contributed by atoms with Gasteiger partial charge in [0.15, 0.2) is 5.16 Å². The van der Waals surface area contributed by atoms with Gasteiger partial charge in [-0.1, -0.05) is 30.8 Å². The molecule has 1 aliphatic heterocycles. The molecule has 1 N–H and O–H groups in total. The Bertz CT molecular complexity index is 1260. The van der Waals surface area contributed by atoms with E-state index >= 15 is 0 Å². The average molecular weight is 496 g/mol. The minimum atomic E-state index is -4.62. The van der Waals surface area contributed by atoms with Gasteiger partial charge in [0.25, 0.3) is 5.56 Å². The van der Waals surface area contributed by atoms with E-state index in [2.05, 4.69) is 10.3 Å². The molecule has 0 saturated carbocycles. The van der Waals surface area contributed by atoms with Crippen molar-refractivity contribution in [3.8, 4) is 5.69 Å². The number of alkyl halides is 3. The summed E-state index contributed by atoms with van der Waals surface area (Å²) >= 11 is 2.33. The fourth-order valence-electron chi connectivity index (χ4n) is 3.37. The van der Waals surface area contributed by atoms with Gasteiger partial charge in [-0.2, -0.15) is 13.2 Å². The molecule has 1 atom stereocenters. The van der Waals surface area contributed by atoms with E-state index in [1.165, 1.54) is 58.8 Å². The quantitative estimate of drug-likeness (QED) is 0.301. The van der Waals surface area contributed by atoms with Crippen LogP contribution >= 0.6 is 23.5 Å². The van der Waals surface area contributed by atoms with E-state index in [-0.39, 0.29) is 27.4 Å². The number of para-hydroxylation sites is 1. The van der Waals surface area contributed by atoms with Crippen LogP contribution in [0.25, 0.3) is 5.69 Å². The molecule has 2 heterocycles. The van der Waals surface area contributed by atoms with Crippen molar-refractivity contribution in [2.24, 2.45) is 0 Å². The maximum absolute atomic E-state index is 13.4. The Balaban J connectivity index is 1.62. The van der Waals surface area contributed by atoms with E-state index < -0.39 is 23.5 Å². The van der Waals surface area contributed by atoms with Crippen LogP contribution in [0.3, 0.4) is 0 Å². The van der Waals surface area contributed by atoms with Gasteiger partial charge in [-0.25, -0.2) is 9.37 Å². The third-order valence-corrected chi connectivity index (χ3v) is 6.96. The molecule has 1 aromatic heterocycles. The van der Waals surface area contributed by atoms with Crippen LogP contribution in [0.2, 0.25) is 0 Å². The van der Waals surface area contributed by atoms with Gasteiger partial charge in [0.1, 0.15) is 5.82 Å². The number of carbonyl (C=O) groups excluding carboxylic acids is 1. The Morgan fingerprint density at radius 3 is 2.61 bits per heavy atom. The molecule has 1 amide bonds. The number of carbonyl (C=O) groups is 1. The van der Waals surface area contributed by atoms with E-state index in [0.29, 0.717) is 22.7 Å². The molecule has 0 saturated heterocycles. The zero-order valence-corrected chi connectivity index (χ0v) is 18.8. The number of hydrogen-bond donors (Lipinski definition) is 1. The third-order valence-electron chi connectivity index (χ3n) is 4.80. The second-order valence-electron chi connectivity index (χ2n) is 7.30. The standard InChI is InChI=1S/C22H17F4N3O2S2/c1-12-10-17-19(33-12)20(31)29(14-8-6-13(23)7-9-14)21(28-17)32-11-18(30)27-16-5-3-2-4-15(16)22(24,25)26/h2-9,12H,10-11H2,1H3,(H,27,30). The fraction of sp³-hybridized carbons (Fsp3) is 0.227. The summed E-state index contributed by atoms with van der Waals surface area (Å²) in [6.07, 6.45) is -4.03. The molecule has 1 aliphatic rings. The van der Waals surface area contributed by atoms with E-state index in [1.54, 1.807) is 0 Å². The molecule has 5 nitrogen and oxygen atoms in total. The van der Waals surface area contributed by atoms with Crippen molar-refractivity contribution in [1.82, 2.24) is 9.55 Å². The summed E-state index contributed by atoms with van der Waals surface area (Å²) in [5.74, 6) is -1.43. The first kappa shape index (κ1) is 23.4. The summed E-state index contributed by atoms with van der Waals surface area (Å²) in [4.78, 5) is 30.7. The van der Waals surface area contributed by atoms with E-state index in [4.69, 9.17) is 0 Å². The van der Waals surface area contributed by atoms with Crippen LogP contribution in [-0.2, 0) is 17.4 Å². The summed E-state index contributed by atoms with van der Waals surface area (Å²) in [7, 11) is 0. The van der Waals surface area contributed by atoms with Crippen molar-refractivity contribution in [2.75, 3.05) is 11.1 Å². The largest absolute Gasteiger partial charge is 0.418 e. The number of hydrogen-bond acceptors (Lipinski definition) is 5. The van der Waals surface area contributed by atoms with Crippen LogP contribution < -0.4 is 10.9 Å². The van der Waals surface area contributed by atoms with Crippen LogP contribution in [0.15, 0.2) is 63.4 Å². The number of fused-ring (bicyclic) bond motifs is 1. The van der Waals surface area contributed by atoms with Crippen molar-refractivity contribution in [3.63, 3.8) is 0 Å². The Hall–Kier alpha value is -2.79. The molecule has 0 bridgehead atoms. The molecular weight excluding hydrogens is 478 g/mol. The van der Waals surface area contributed by atoms with Gasteiger partial charge in [-0.15, -0.1) is 11.8 Å². The van der Waals surface area contributed by atoms with Crippen molar-refractivity contribution in [3.05, 3.63) is 76.0 Å². The minimum absolute atomic E-state index is 0.157. The maximum Gasteiger partial charge on any atom is 0.418 e. The first-order valence-corrected chi connectivity index (χ1v) is 11.7. The summed E-state index contributed by atoms with van der Waals surface area (Å²) in [6, 6.07) is 9.96. The smallest absolute Gasteiger partial charge is 0.325 e. The molecule has 0 spiro atoms. The number of nitrogens with one attached hydrogen (secondary N) is 1. The summed E-state index contributed by atoms with van der Waals surface area (Å²) in [5.41, 5.74) is -0.637. The molecule has 33 heavy (non-hydrogen) atoms. The summed E-state index contributed by atoms with van der Waals surface area (Å²) in [6.45, 7) is 1.96. The van der Waals surface area contributed by atoms with Crippen LogP contribution in [0, 0.1) is 5.82 Å². The number of amides is 1. The summed E-state index contributed by atoms with van der Waals surface area (Å²) < 4.78 is 54.3. The SMILES string of the molecule is CC1Cc2nc(SCC(=O)Nc3ccccc3C(F)(F)F)n(-c3ccc(F)cc3)c(=O)c2S1. The predicted molar refractivity (Wildman–Crippen MR) is 120 cm³/mol. The highest BCUT2D eigenvalue weighted by molar-refractivity contribution is 8.00. The van der Waals surface area contributed by atoms with Gasteiger partial charge < -0.3 is 5.32 Å². The van der Waals surface area contributed by atoms with Gasteiger partial charge in [0.05, 0.1) is 33.3 Å². The molecular formula is C22H17F4N3O2S2. The lowest BCUT2D eigenvalue weighted by atomic mass is 10.1. The topological polar surface area (TPSA) is 64.0 Å². The lowest BCUT2D eigenvalue weighted by Gasteiger charge is -2.15. The Morgan fingerprint density at radius 2 is 1.91 bits per heavy atom. The van der Waals surface area contributed by atoms with Gasteiger partial charge in [-0.05, 0) is 36.4 Å². The third kappa shape index (κ3) is 5.09. The molecule has 0 aliphatic carbocycles. The highest BCUT2D eigenvalue weighted by atomic mass is 32.2. The first-order valence-electron chi connectivity index (χ1n) is 9.81. The van der Waals surface area contributed by atoms with Gasteiger partial charge in [-0.3, -0.25) is 14.2 Å². The molecule has 4 rings (SSSR count). The lowest BCUT2D eigenvalue weighted by molar-refractivity contribution is -0.137. The number of halogens is 4. The molecule has 0 fully saturated rings. The van der Waals surface area contributed by atoms with Gasteiger partial charge in [0.2, 0.25) is 5.91 Å². The second kappa shape index (κ2) is 9.22. The highest BCUT2D eigenvalue weighted by Crippen LogP contribution is 2.36. The fourth-order valence-corrected chi connectivity index (χ4v) is 5.30. The predicted octanol–water partition coefficient (Wildman–Crippen LogP) is 5.16. The normalized spacial score (nSPS) is 15.4. The van der Waals surface area contributed by atoms with Crippen LogP contribution in [0.4, 0.5) is 23.2 Å². The number of nitrogens with zero attached hydrogens (tertiary/aromatic N) is 2. The van der Waals surface area contributed by atoms with Crippen molar-refractivity contribution < 1.29 is 22.4 Å². The molecule has 3 aromatic rings. The van der Waals surface area contributed by atoms with Gasteiger partial charge >= 0.3 is 6.18 Å². The maximum atomic E-state index is 13.4. The molecule has 11 heteroatoms. The van der Waals surface area contributed by atoms with Crippen LogP contribution in [-0.4, -0.2) is 26.5 Å². The number of benzene rings is 2. The Kier molecular flexibility index (Phi) is 6.53.